The Hall–Kier alpha value is -4.83. The molecule has 0 radical (unpaired) electrons. The number of hydrogen-bond acceptors (Lipinski definition) is 14. The van der Waals surface area contributed by atoms with Crippen LogP contribution in [0.4, 0.5) is 0 Å². The number of phosphoric ester groups is 2. The van der Waals surface area contributed by atoms with Crippen molar-refractivity contribution in [1.82, 2.24) is 0 Å². The number of aliphatic hydroxyl groups excluding tert-OH is 2. The zero-order chi connectivity index (χ0) is 80.8. The van der Waals surface area contributed by atoms with Crippen molar-refractivity contribution < 1.29 is 75.8 Å². The van der Waals surface area contributed by atoms with E-state index in [1.54, 1.807) is 0 Å². The first-order valence-electron chi connectivity index (χ1n) is 43.8. The van der Waals surface area contributed by atoms with Crippen LogP contribution in [-0.2, 0) is 55.8 Å². The molecule has 0 saturated carbocycles. The van der Waals surface area contributed by atoms with Crippen LogP contribution in [0.15, 0.2) is 158 Å². The third-order valence-electron chi connectivity index (χ3n) is 18.2. The molecule has 0 bridgehead atoms. The van der Waals surface area contributed by atoms with Crippen molar-refractivity contribution in [2.45, 2.75) is 373 Å². The number of ether oxygens (including phenoxy) is 3. The Morgan fingerprint density at radius 2 is 0.477 bits per heavy atom. The first-order chi connectivity index (χ1) is 54.2. The van der Waals surface area contributed by atoms with Crippen molar-refractivity contribution in [3.63, 3.8) is 0 Å². The normalized spacial score (nSPS) is 14.6. The van der Waals surface area contributed by atoms with Gasteiger partial charge in [-0.3, -0.25) is 32.5 Å². The van der Waals surface area contributed by atoms with Crippen molar-refractivity contribution in [2.75, 3.05) is 39.6 Å². The number of esters is 3. The summed E-state index contributed by atoms with van der Waals surface area (Å²) in [6.07, 6.45) is 107. The van der Waals surface area contributed by atoms with Gasteiger partial charge in [-0.15, -0.1) is 0 Å². The smallest absolute Gasteiger partial charge is 0.463 e. The molecule has 5 atom stereocenters. The summed E-state index contributed by atoms with van der Waals surface area (Å²) in [5.74, 6) is -1.60. The Balaban J connectivity index is 4.57. The molecule has 0 heterocycles. The van der Waals surface area contributed by atoms with E-state index in [2.05, 4.69) is 179 Å². The van der Waals surface area contributed by atoms with E-state index in [1.807, 2.05) is 0 Å². The molecule has 0 aliphatic heterocycles. The van der Waals surface area contributed by atoms with E-state index in [-0.39, 0.29) is 19.3 Å². The summed E-state index contributed by atoms with van der Waals surface area (Å²) in [5, 5.41) is 20.7. The van der Waals surface area contributed by atoms with Crippen LogP contribution in [-0.4, -0.2) is 95.9 Å². The predicted molar refractivity (Wildman–Crippen MR) is 463 cm³/mol. The largest absolute Gasteiger partial charge is 0.472 e. The van der Waals surface area contributed by atoms with Crippen LogP contribution >= 0.6 is 15.6 Å². The third kappa shape index (κ3) is 85.9. The second-order valence-corrected chi connectivity index (χ2v) is 31.8. The minimum absolute atomic E-state index is 0.0732. The van der Waals surface area contributed by atoms with Crippen molar-refractivity contribution >= 4 is 33.6 Å². The maximum absolute atomic E-state index is 13.0. The summed E-state index contributed by atoms with van der Waals surface area (Å²) in [6, 6.07) is 0. The first-order valence-corrected chi connectivity index (χ1v) is 46.8. The number of carbonyl (C=O) groups is 3. The molecular formula is C93H158O16P2. The van der Waals surface area contributed by atoms with E-state index in [9.17, 15) is 43.5 Å². The van der Waals surface area contributed by atoms with E-state index >= 15 is 0 Å². The van der Waals surface area contributed by atoms with Gasteiger partial charge in [-0.2, -0.15) is 0 Å². The molecular weight excluding hydrogens is 1430 g/mol. The summed E-state index contributed by atoms with van der Waals surface area (Å²) in [5.41, 5.74) is 0. The number of rotatable bonds is 82. The van der Waals surface area contributed by atoms with Gasteiger partial charge in [-0.05, 0) is 148 Å². The van der Waals surface area contributed by atoms with Gasteiger partial charge in [0.05, 0.1) is 26.4 Å². The van der Waals surface area contributed by atoms with Crippen LogP contribution in [0.2, 0.25) is 0 Å². The van der Waals surface area contributed by atoms with Gasteiger partial charge in [-0.25, -0.2) is 9.13 Å². The fraction of sp³-hybridized carbons (Fsp3) is 0.688. The number of unbranched alkanes of at least 4 members (excludes halogenated alkanes) is 33. The minimum atomic E-state index is -4.95. The molecule has 0 amide bonds. The molecule has 5 unspecified atom stereocenters. The minimum Gasteiger partial charge on any atom is -0.463 e. The summed E-state index contributed by atoms with van der Waals surface area (Å²) >= 11 is 0. The highest BCUT2D eigenvalue weighted by Crippen LogP contribution is 2.45. The zero-order valence-corrected chi connectivity index (χ0v) is 71.6. The van der Waals surface area contributed by atoms with Crippen LogP contribution in [0.25, 0.3) is 0 Å². The van der Waals surface area contributed by atoms with Crippen molar-refractivity contribution in [3.05, 3.63) is 158 Å². The van der Waals surface area contributed by atoms with Crippen LogP contribution < -0.4 is 0 Å². The highest BCUT2D eigenvalue weighted by Gasteiger charge is 2.29. The quantitative estimate of drug-likeness (QED) is 0.0146. The lowest BCUT2D eigenvalue weighted by molar-refractivity contribution is -0.161. The molecule has 4 N–H and O–H groups in total. The van der Waals surface area contributed by atoms with Gasteiger partial charge in [-0.1, -0.05) is 346 Å². The summed E-state index contributed by atoms with van der Waals surface area (Å²) in [6.45, 7) is 2.42. The highest BCUT2D eigenvalue weighted by atomic mass is 31.2. The Morgan fingerprint density at radius 3 is 0.757 bits per heavy atom. The Labute approximate surface area is 676 Å². The molecule has 111 heavy (non-hydrogen) atoms. The van der Waals surface area contributed by atoms with Gasteiger partial charge in [0.25, 0.3) is 0 Å². The molecule has 0 aliphatic carbocycles. The van der Waals surface area contributed by atoms with Crippen LogP contribution in [0.5, 0.6) is 0 Å². The lowest BCUT2D eigenvalue weighted by atomic mass is 10.0. The van der Waals surface area contributed by atoms with Crippen LogP contribution in [0, 0.1) is 0 Å². The molecule has 18 heteroatoms. The second-order valence-electron chi connectivity index (χ2n) is 28.9. The Morgan fingerprint density at radius 1 is 0.261 bits per heavy atom. The molecule has 0 aromatic heterocycles. The lowest BCUT2D eigenvalue weighted by Gasteiger charge is -2.21. The molecule has 0 spiro atoms. The molecule has 0 saturated heterocycles. The third-order valence-corrected chi connectivity index (χ3v) is 20.1. The van der Waals surface area contributed by atoms with Gasteiger partial charge in [0.15, 0.2) is 6.10 Å². The van der Waals surface area contributed by atoms with Gasteiger partial charge in [0.1, 0.15) is 25.4 Å². The highest BCUT2D eigenvalue weighted by molar-refractivity contribution is 7.47. The number of hydrogen-bond donors (Lipinski definition) is 4. The molecule has 16 nitrogen and oxygen atoms in total. The van der Waals surface area contributed by atoms with Gasteiger partial charge in [0.2, 0.25) is 0 Å². The monoisotopic (exact) mass is 1590 g/mol. The molecule has 0 aliphatic rings. The van der Waals surface area contributed by atoms with E-state index in [0.29, 0.717) is 19.3 Å². The van der Waals surface area contributed by atoms with Gasteiger partial charge >= 0.3 is 33.6 Å². The Kier molecular flexibility index (Phi) is 80.9. The topological polar surface area (TPSA) is 231 Å². The van der Waals surface area contributed by atoms with Crippen molar-refractivity contribution in [2.24, 2.45) is 0 Å². The van der Waals surface area contributed by atoms with E-state index in [4.69, 9.17) is 32.3 Å². The van der Waals surface area contributed by atoms with E-state index in [1.165, 1.54) is 135 Å². The molecule has 636 valence electrons. The van der Waals surface area contributed by atoms with E-state index < -0.39 is 91.5 Å². The Bertz CT molecular complexity index is 2650. The molecule has 0 aromatic carbocycles. The van der Waals surface area contributed by atoms with E-state index in [0.717, 1.165) is 161 Å². The average Bonchev–Trinajstić information content (AvgIpc) is 0.901. The lowest BCUT2D eigenvalue weighted by Crippen LogP contribution is -2.30. The summed E-state index contributed by atoms with van der Waals surface area (Å²) in [4.78, 5) is 58.9. The number of carbonyl (C=O) groups excluding carboxylic acids is 3. The maximum atomic E-state index is 13.0. The molecule has 0 fully saturated rings. The molecule has 0 aromatic rings. The summed E-state index contributed by atoms with van der Waals surface area (Å²) in [7, 11) is -9.81. The number of aliphatic hydroxyl groups is 2. The van der Waals surface area contributed by atoms with Crippen LogP contribution in [0.1, 0.15) is 355 Å². The van der Waals surface area contributed by atoms with Crippen LogP contribution in [0.3, 0.4) is 0 Å². The average molecular weight is 1590 g/mol. The van der Waals surface area contributed by atoms with Gasteiger partial charge in [0, 0.05) is 19.3 Å². The molecule has 0 rings (SSSR count). The maximum Gasteiger partial charge on any atom is 0.472 e. The fourth-order valence-electron chi connectivity index (χ4n) is 11.6. The predicted octanol–water partition coefficient (Wildman–Crippen LogP) is 26.5. The SMILES string of the molecule is CC/C=C\C/C=C\C/C=C\C/C=C\C/C=C\CCCCCCCCCCCCCCCC(=O)OCC(O)COP(=O)(O)OCC(O)COP(=O)(O)OCC(COC(=O)CCCCCCCCCCCCCCC/C=C\C/C=C\C/C=C\C/C=C\CCCCC)OC(=O)CCCCCC/C=C\C/C=C\C/C=C\C/C=C\CC. The number of allylic oxidation sites excluding steroid dienone is 26. The van der Waals surface area contributed by atoms with Gasteiger partial charge < -0.3 is 34.2 Å². The second kappa shape index (κ2) is 84.6. The number of phosphoric acid groups is 2. The zero-order valence-electron chi connectivity index (χ0n) is 69.8. The standard InChI is InChI=1S/C93H158O16P2/c1-4-7-10-13-16-19-22-25-28-31-33-35-37-39-41-43-45-47-49-51-53-56-58-61-64-67-70-73-76-79-91(96)103-82-88(94)83-105-110(99,100)106-84-89(95)85-107-111(101,102)108-87-90(109-93(98)81-78-75-72-69-66-63-60-55-30-27-24-21-18-15-12-9-6-3)86-104-92(97)80-77-74-71-68-65-62-59-57-54-52-50-48-46-44-42-40-38-36-34-32-29-26-23-20-17-14-11-8-5-2/h7,9-10,12,16-21,25-30,33-36,39-42,60,63,88-90,94-95H,4-6,8,11,13-15,22-24,31-32,37-38,43-59,61-62,64-87H2,1-3H3,(H,99,100)(H,101,102)/b10-7-,12-9-,19-16-,20-17-,21-18-,28-25-,29-26-,30-27-,35-33-,36-34-,41-39-,42-40-,63-60-. The fourth-order valence-corrected chi connectivity index (χ4v) is 13.2. The summed E-state index contributed by atoms with van der Waals surface area (Å²) < 4.78 is 61.3. The van der Waals surface area contributed by atoms with Crippen molar-refractivity contribution in [1.29, 1.82) is 0 Å². The van der Waals surface area contributed by atoms with Crippen molar-refractivity contribution in [3.8, 4) is 0 Å². The first kappa shape index (κ1) is 106.